The Kier molecular flexibility index (Phi) is 5.76. The number of nitrogens with zero attached hydrogens (tertiary/aromatic N) is 2. The molecule has 3 N–H and O–H groups in total. The van der Waals surface area contributed by atoms with Gasteiger partial charge in [-0.2, -0.15) is 18.2 Å². The highest BCUT2D eigenvalue weighted by atomic mass is 19.4. The Morgan fingerprint density at radius 2 is 1.74 bits per heavy atom. The van der Waals surface area contributed by atoms with Gasteiger partial charge in [0.05, 0.1) is 0 Å². The van der Waals surface area contributed by atoms with Gasteiger partial charge in [0.1, 0.15) is 23.2 Å². The van der Waals surface area contributed by atoms with Crippen LogP contribution in [0.5, 0.6) is 0 Å². The number of carbonyl (C=O) groups is 2. The average molecular weight is 391 g/mol. The van der Waals surface area contributed by atoms with Crippen LogP contribution in [0.4, 0.5) is 27.9 Å². The van der Waals surface area contributed by atoms with Gasteiger partial charge in [-0.15, -0.1) is 5.10 Å². The lowest BCUT2D eigenvalue weighted by Crippen LogP contribution is -2.47. The van der Waals surface area contributed by atoms with Crippen molar-refractivity contribution < 1.29 is 31.5 Å². The number of halogens is 5. The van der Waals surface area contributed by atoms with Gasteiger partial charge >= 0.3 is 6.18 Å². The zero-order valence-corrected chi connectivity index (χ0v) is 14.0. The number of aromatic amines is 1. The predicted molar refractivity (Wildman–Crippen MR) is 82.5 cm³/mol. The lowest BCUT2D eigenvalue weighted by atomic mass is 10.0. The zero-order chi connectivity index (χ0) is 20.4. The van der Waals surface area contributed by atoms with E-state index < -0.39 is 58.9 Å². The zero-order valence-electron chi connectivity index (χ0n) is 14.0. The van der Waals surface area contributed by atoms with E-state index in [-0.39, 0.29) is 0 Å². The van der Waals surface area contributed by atoms with Gasteiger partial charge in [-0.1, -0.05) is 19.9 Å². The first-order chi connectivity index (χ1) is 12.5. The van der Waals surface area contributed by atoms with Crippen LogP contribution < -0.4 is 10.6 Å². The summed E-state index contributed by atoms with van der Waals surface area (Å²) in [6.07, 6.45) is -4.79. The van der Waals surface area contributed by atoms with Gasteiger partial charge in [0, 0.05) is 0 Å². The van der Waals surface area contributed by atoms with E-state index in [4.69, 9.17) is 0 Å². The minimum Gasteiger partial charge on any atom is -0.340 e. The Bertz CT molecular complexity index is 829. The molecule has 2 amide bonds. The highest BCUT2D eigenvalue weighted by Gasteiger charge is 2.36. The van der Waals surface area contributed by atoms with Crippen LogP contribution in [-0.2, 0) is 11.0 Å². The molecule has 0 spiro atoms. The van der Waals surface area contributed by atoms with Crippen molar-refractivity contribution in [1.82, 2.24) is 20.5 Å². The summed E-state index contributed by atoms with van der Waals surface area (Å²) < 4.78 is 64.8. The van der Waals surface area contributed by atoms with Crippen LogP contribution in [0.2, 0.25) is 0 Å². The minimum atomic E-state index is -4.79. The van der Waals surface area contributed by atoms with Gasteiger partial charge in [-0.3, -0.25) is 20.0 Å². The minimum absolute atomic E-state index is 0.565. The number of carbonyl (C=O) groups excluding carboxylic acids is 2. The summed E-state index contributed by atoms with van der Waals surface area (Å²) in [5, 5.41) is 8.98. The molecule has 0 aliphatic carbocycles. The number of hydrogen-bond acceptors (Lipinski definition) is 4. The van der Waals surface area contributed by atoms with Crippen molar-refractivity contribution in [2.45, 2.75) is 26.1 Å². The molecule has 1 unspecified atom stereocenters. The van der Waals surface area contributed by atoms with Crippen molar-refractivity contribution in [3.63, 3.8) is 0 Å². The maximum absolute atomic E-state index is 13.7. The Balaban J connectivity index is 2.16. The molecule has 1 heterocycles. The smallest absolute Gasteiger partial charge is 0.340 e. The first-order valence-corrected chi connectivity index (χ1v) is 7.56. The summed E-state index contributed by atoms with van der Waals surface area (Å²) in [6.45, 7) is 3.03. The van der Waals surface area contributed by atoms with Crippen LogP contribution in [0.25, 0.3) is 0 Å². The van der Waals surface area contributed by atoms with E-state index in [1.165, 1.54) is 13.8 Å². The quantitative estimate of drug-likeness (QED) is 0.682. The molecule has 2 aromatic rings. The molecule has 0 fully saturated rings. The number of aromatic nitrogens is 3. The second kappa shape index (κ2) is 7.68. The van der Waals surface area contributed by atoms with Gasteiger partial charge in [-0.25, -0.2) is 8.78 Å². The van der Waals surface area contributed by atoms with Crippen LogP contribution in [0.3, 0.4) is 0 Å². The van der Waals surface area contributed by atoms with Gasteiger partial charge in [0.25, 0.3) is 5.91 Å². The molecule has 7 nitrogen and oxygen atoms in total. The van der Waals surface area contributed by atoms with E-state index in [1.54, 1.807) is 5.10 Å². The van der Waals surface area contributed by atoms with E-state index in [2.05, 4.69) is 15.4 Å². The molecule has 1 aromatic heterocycles. The molecule has 1 atom stereocenters. The Labute approximate surface area is 149 Å². The first-order valence-electron chi connectivity index (χ1n) is 7.56. The van der Waals surface area contributed by atoms with Crippen LogP contribution >= 0.6 is 0 Å². The molecule has 2 rings (SSSR count). The number of rotatable bonds is 5. The molecule has 0 radical (unpaired) electrons. The highest BCUT2D eigenvalue weighted by molar-refractivity contribution is 6.01. The summed E-state index contributed by atoms with van der Waals surface area (Å²) in [5.74, 6) is -7.04. The number of nitrogens with one attached hydrogen (secondary N) is 3. The van der Waals surface area contributed by atoms with Crippen molar-refractivity contribution in [2.24, 2.45) is 5.92 Å². The van der Waals surface area contributed by atoms with Crippen LogP contribution in [0.1, 0.15) is 30.0 Å². The van der Waals surface area contributed by atoms with E-state index >= 15 is 0 Å². The third-order valence-electron chi connectivity index (χ3n) is 3.41. The molecule has 0 saturated carbocycles. The first kappa shape index (κ1) is 20.3. The topological polar surface area (TPSA) is 99.8 Å². The summed E-state index contributed by atoms with van der Waals surface area (Å²) >= 11 is 0. The molecule has 0 aliphatic heterocycles. The maximum Gasteiger partial charge on any atom is 0.451 e. The van der Waals surface area contributed by atoms with Crippen LogP contribution in [-0.4, -0.2) is 33.0 Å². The number of H-pyrrole nitrogens is 1. The predicted octanol–water partition coefficient (Wildman–Crippen LogP) is 2.49. The Morgan fingerprint density at radius 1 is 1.15 bits per heavy atom. The fourth-order valence-electron chi connectivity index (χ4n) is 2.10. The number of alkyl halides is 3. The summed E-state index contributed by atoms with van der Waals surface area (Å²) in [7, 11) is 0. The van der Waals surface area contributed by atoms with Crippen LogP contribution in [0, 0.1) is 17.6 Å². The van der Waals surface area contributed by atoms with Gasteiger partial charge in [0.15, 0.2) is 0 Å². The summed E-state index contributed by atoms with van der Waals surface area (Å²) in [6, 6.07) is 1.49. The van der Waals surface area contributed by atoms with E-state index in [9.17, 15) is 31.5 Å². The van der Waals surface area contributed by atoms with Gasteiger partial charge < -0.3 is 5.32 Å². The summed E-state index contributed by atoms with van der Waals surface area (Å²) in [4.78, 5) is 27.5. The SMILES string of the molecule is CC(C)C(NC(=O)c1c(F)cccc1F)C(=O)Nc1n[nH]c(C(F)(F)F)n1. The van der Waals surface area contributed by atoms with Crippen molar-refractivity contribution >= 4 is 17.8 Å². The molecule has 0 bridgehead atoms. The highest BCUT2D eigenvalue weighted by Crippen LogP contribution is 2.26. The molecule has 27 heavy (non-hydrogen) atoms. The number of anilines is 1. The Hall–Kier alpha value is -3.05. The molecular weight excluding hydrogens is 377 g/mol. The van der Waals surface area contributed by atoms with Crippen molar-refractivity contribution in [3.05, 3.63) is 41.2 Å². The van der Waals surface area contributed by atoms with E-state index in [0.717, 1.165) is 18.2 Å². The molecular formula is C15H14F5N5O2. The molecule has 146 valence electrons. The number of amides is 2. The van der Waals surface area contributed by atoms with Crippen molar-refractivity contribution in [1.29, 1.82) is 0 Å². The monoisotopic (exact) mass is 391 g/mol. The molecule has 0 aliphatic rings. The van der Waals surface area contributed by atoms with Crippen molar-refractivity contribution in [3.8, 4) is 0 Å². The maximum atomic E-state index is 13.7. The molecule has 1 aromatic carbocycles. The van der Waals surface area contributed by atoms with E-state index in [0.29, 0.717) is 0 Å². The fourth-order valence-corrected chi connectivity index (χ4v) is 2.10. The number of hydrogen-bond donors (Lipinski definition) is 3. The molecule has 0 saturated heterocycles. The van der Waals surface area contributed by atoms with Gasteiger partial charge in [0.2, 0.25) is 17.7 Å². The lowest BCUT2D eigenvalue weighted by Gasteiger charge is -2.21. The van der Waals surface area contributed by atoms with Crippen molar-refractivity contribution in [2.75, 3.05) is 5.32 Å². The average Bonchev–Trinajstić information content (AvgIpc) is 3.00. The summed E-state index contributed by atoms with van der Waals surface area (Å²) in [5.41, 5.74) is -0.881. The number of benzene rings is 1. The van der Waals surface area contributed by atoms with Gasteiger partial charge in [-0.05, 0) is 18.1 Å². The standard InChI is InChI=1S/C15H14F5N5O2/c1-6(2)10(21-11(26)9-7(16)4-3-5-8(9)17)12(27)22-14-23-13(24-25-14)15(18,19)20/h3-6,10H,1-2H3,(H,21,26)(H2,22,23,24,25,27). The normalized spacial score (nSPS) is 12.7. The largest absolute Gasteiger partial charge is 0.451 e. The third-order valence-corrected chi connectivity index (χ3v) is 3.41. The second-order valence-corrected chi connectivity index (χ2v) is 5.79. The lowest BCUT2D eigenvalue weighted by molar-refractivity contribution is -0.144. The third kappa shape index (κ3) is 4.77. The second-order valence-electron chi connectivity index (χ2n) is 5.79. The van der Waals surface area contributed by atoms with E-state index in [1.807, 2.05) is 5.32 Å². The Morgan fingerprint density at radius 3 is 2.22 bits per heavy atom. The molecule has 12 heteroatoms. The fraction of sp³-hybridized carbons (Fsp3) is 0.333. The van der Waals surface area contributed by atoms with Crippen LogP contribution in [0.15, 0.2) is 18.2 Å².